The molecular weight excluding hydrogens is 470 g/mol. The number of benzene rings is 3. The average Bonchev–Trinajstić information content (AvgIpc) is 3.17. The van der Waals surface area contributed by atoms with E-state index in [2.05, 4.69) is 5.32 Å². The Kier molecular flexibility index (Phi) is 7.21. The number of thioether (sulfide) groups is 1. The zero-order valence-corrected chi connectivity index (χ0v) is 19.8. The first-order chi connectivity index (χ1) is 16.5. The summed E-state index contributed by atoms with van der Waals surface area (Å²) in [6, 6.07) is 25.2. The molecule has 0 aromatic heterocycles. The number of anilines is 2. The summed E-state index contributed by atoms with van der Waals surface area (Å²) in [5.74, 6) is -0.379. The van der Waals surface area contributed by atoms with Crippen molar-refractivity contribution in [1.82, 2.24) is 0 Å². The molecule has 0 radical (unpaired) electrons. The van der Waals surface area contributed by atoms with Crippen LogP contribution in [0.25, 0.3) is 0 Å². The van der Waals surface area contributed by atoms with E-state index >= 15 is 0 Å². The smallest absolute Gasteiger partial charge is 0.269 e. The van der Waals surface area contributed by atoms with E-state index in [0.717, 1.165) is 5.56 Å². The SMILES string of the molecule is COc1ccccc1NC(=O)/C(C#N)=C1\S[C@H](Cc2ccccc2Cl)C(=O)N1c1ccccc1. The monoisotopic (exact) mass is 489 g/mol. The molecule has 2 amide bonds. The van der Waals surface area contributed by atoms with Crippen molar-refractivity contribution in [3.63, 3.8) is 0 Å². The van der Waals surface area contributed by atoms with E-state index < -0.39 is 11.2 Å². The number of hydrogen-bond acceptors (Lipinski definition) is 5. The minimum atomic E-state index is -0.623. The fraction of sp³-hybridized carbons (Fsp3) is 0.115. The van der Waals surface area contributed by atoms with Gasteiger partial charge in [-0.25, -0.2) is 0 Å². The summed E-state index contributed by atoms with van der Waals surface area (Å²) >= 11 is 7.51. The fourth-order valence-corrected chi connectivity index (χ4v) is 5.10. The van der Waals surface area contributed by atoms with Crippen LogP contribution in [0.4, 0.5) is 11.4 Å². The molecular formula is C26H20ClN3O3S. The van der Waals surface area contributed by atoms with Crippen molar-refractivity contribution in [3.8, 4) is 11.8 Å². The van der Waals surface area contributed by atoms with Crippen molar-refractivity contribution in [3.05, 3.63) is 100 Å². The molecule has 1 atom stereocenters. The first-order valence-electron chi connectivity index (χ1n) is 10.4. The molecule has 3 aromatic carbocycles. The van der Waals surface area contributed by atoms with Gasteiger partial charge in [0.1, 0.15) is 22.4 Å². The normalized spacial score (nSPS) is 16.7. The molecule has 1 aliphatic rings. The third-order valence-electron chi connectivity index (χ3n) is 5.24. The minimum absolute atomic E-state index is 0.158. The van der Waals surface area contributed by atoms with Gasteiger partial charge in [-0.2, -0.15) is 5.26 Å². The Labute approximate surface area is 206 Å². The van der Waals surface area contributed by atoms with Gasteiger partial charge in [-0.15, -0.1) is 0 Å². The maximum absolute atomic E-state index is 13.5. The maximum Gasteiger partial charge on any atom is 0.269 e. The lowest BCUT2D eigenvalue weighted by Crippen LogP contribution is -2.31. The fourth-order valence-electron chi connectivity index (χ4n) is 3.60. The molecule has 3 aromatic rings. The second-order valence-electron chi connectivity index (χ2n) is 7.36. The molecule has 6 nitrogen and oxygen atoms in total. The number of carbonyl (C=O) groups excluding carboxylic acids is 2. The lowest BCUT2D eigenvalue weighted by Gasteiger charge is -2.19. The quantitative estimate of drug-likeness (QED) is 0.369. The highest BCUT2D eigenvalue weighted by Gasteiger charge is 2.41. The third kappa shape index (κ3) is 4.79. The summed E-state index contributed by atoms with van der Waals surface area (Å²) in [6.45, 7) is 0. The number of amides is 2. The second kappa shape index (κ2) is 10.5. The van der Waals surface area contributed by atoms with Crippen LogP contribution in [0.3, 0.4) is 0 Å². The number of para-hydroxylation sites is 3. The molecule has 0 unspecified atom stereocenters. The van der Waals surface area contributed by atoms with Crippen molar-refractivity contribution in [2.45, 2.75) is 11.7 Å². The molecule has 1 saturated heterocycles. The summed E-state index contributed by atoms with van der Waals surface area (Å²) < 4.78 is 5.29. The van der Waals surface area contributed by atoms with Crippen LogP contribution in [-0.2, 0) is 16.0 Å². The molecule has 8 heteroatoms. The minimum Gasteiger partial charge on any atom is -0.495 e. The number of methoxy groups -OCH3 is 1. The summed E-state index contributed by atoms with van der Waals surface area (Å²) in [6.07, 6.45) is 0.364. The highest BCUT2D eigenvalue weighted by atomic mass is 35.5. The standard InChI is InChI=1S/C26H20ClN3O3S/c1-33-22-14-8-7-13-21(22)29-24(31)19(16-28)26-30(18-10-3-2-4-11-18)25(32)23(34-26)15-17-9-5-6-12-20(17)27/h2-14,23H,15H2,1H3,(H,29,31)/b26-19-/t23-/m1/s1. The van der Waals surface area contributed by atoms with Gasteiger partial charge in [0.05, 0.1) is 18.0 Å². The van der Waals surface area contributed by atoms with Gasteiger partial charge in [-0.05, 0) is 42.3 Å². The van der Waals surface area contributed by atoms with Crippen molar-refractivity contribution < 1.29 is 14.3 Å². The number of ether oxygens (including phenoxy) is 1. The van der Waals surface area contributed by atoms with Crippen LogP contribution in [0.1, 0.15) is 5.56 Å². The maximum atomic E-state index is 13.5. The van der Waals surface area contributed by atoms with E-state index in [1.54, 1.807) is 54.6 Å². The summed E-state index contributed by atoms with van der Waals surface area (Å²) in [4.78, 5) is 28.1. The summed E-state index contributed by atoms with van der Waals surface area (Å²) in [7, 11) is 1.50. The molecule has 1 aliphatic heterocycles. The largest absolute Gasteiger partial charge is 0.495 e. The zero-order chi connectivity index (χ0) is 24.1. The topological polar surface area (TPSA) is 82.4 Å². The lowest BCUT2D eigenvalue weighted by molar-refractivity contribution is -0.117. The molecule has 1 N–H and O–H groups in total. The summed E-state index contributed by atoms with van der Waals surface area (Å²) in [5, 5.41) is 13.0. The molecule has 0 bridgehead atoms. The van der Waals surface area contributed by atoms with Gasteiger partial charge in [0.25, 0.3) is 5.91 Å². The number of rotatable bonds is 6. The molecule has 170 valence electrons. The van der Waals surface area contributed by atoms with Crippen LogP contribution in [0, 0.1) is 11.3 Å². The predicted octanol–water partition coefficient (Wildman–Crippen LogP) is 5.41. The first-order valence-corrected chi connectivity index (χ1v) is 11.7. The molecule has 0 spiro atoms. The van der Waals surface area contributed by atoms with E-state index in [1.165, 1.54) is 23.8 Å². The summed E-state index contributed by atoms with van der Waals surface area (Å²) in [5.41, 5.74) is 1.67. The number of nitrogens with one attached hydrogen (secondary N) is 1. The highest BCUT2D eigenvalue weighted by Crippen LogP contribution is 2.42. The van der Waals surface area contributed by atoms with Crippen molar-refractivity contribution in [2.75, 3.05) is 17.3 Å². The van der Waals surface area contributed by atoms with Gasteiger partial charge in [0, 0.05) is 10.7 Å². The van der Waals surface area contributed by atoms with E-state index in [-0.39, 0.29) is 16.5 Å². The van der Waals surface area contributed by atoms with Gasteiger partial charge >= 0.3 is 0 Å². The first kappa shape index (κ1) is 23.4. The Morgan fingerprint density at radius 2 is 1.76 bits per heavy atom. The molecule has 34 heavy (non-hydrogen) atoms. The molecule has 0 saturated carbocycles. The Balaban J connectivity index is 1.73. The van der Waals surface area contributed by atoms with E-state index in [0.29, 0.717) is 28.6 Å². The number of nitrogens with zero attached hydrogens (tertiary/aromatic N) is 2. The zero-order valence-electron chi connectivity index (χ0n) is 18.2. The van der Waals surface area contributed by atoms with Gasteiger partial charge in [0.2, 0.25) is 5.91 Å². The number of halogens is 1. The van der Waals surface area contributed by atoms with Gasteiger partial charge < -0.3 is 10.1 Å². The Hall–Kier alpha value is -3.73. The van der Waals surface area contributed by atoms with E-state index in [4.69, 9.17) is 16.3 Å². The molecule has 1 fully saturated rings. The van der Waals surface area contributed by atoms with Crippen LogP contribution in [0.15, 0.2) is 89.5 Å². The van der Waals surface area contributed by atoms with Gasteiger partial charge in [0.15, 0.2) is 0 Å². The van der Waals surface area contributed by atoms with Crippen molar-refractivity contribution in [1.29, 1.82) is 5.26 Å². The average molecular weight is 490 g/mol. The molecule has 0 aliphatic carbocycles. The Bertz CT molecular complexity index is 1300. The van der Waals surface area contributed by atoms with Crippen molar-refractivity contribution >= 4 is 46.6 Å². The van der Waals surface area contributed by atoms with Crippen LogP contribution < -0.4 is 15.0 Å². The Morgan fingerprint density at radius 1 is 1.09 bits per heavy atom. The van der Waals surface area contributed by atoms with Crippen LogP contribution >= 0.6 is 23.4 Å². The second-order valence-corrected chi connectivity index (χ2v) is 8.96. The van der Waals surface area contributed by atoms with E-state index in [9.17, 15) is 14.9 Å². The molecule has 1 heterocycles. The van der Waals surface area contributed by atoms with Crippen LogP contribution in [0.2, 0.25) is 5.02 Å². The van der Waals surface area contributed by atoms with Crippen molar-refractivity contribution in [2.24, 2.45) is 0 Å². The molecule has 4 rings (SSSR count). The van der Waals surface area contributed by atoms with Crippen LogP contribution in [0.5, 0.6) is 5.75 Å². The van der Waals surface area contributed by atoms with Gasteiger partial charge in [-0.3, -0.25) is 14.5 Å². The van der Waals surface area contributed by atoms with Crippen LogP contribution in [-0.4, -0.2) is 24.2 Å². The highest BCUT2D eigenvalue weighted by molar-refractivity contribution is 8.05. The number of hydrogen-bond donors (Lipinski definition) is 1. The Morgan fingerprint density at radius 3 is 2.47 bits per heavy atom. The third-order valence-corrected chi connectivity index (χ3v) is 6.87. The lowest BCUT2D eigenvalue weighted by atomic mass is 10.1. The van der Waals surface area contributed by atoms with E-state index in [1.807, 2.05) is 30.3 Å². The predicted molar refractivity (Wildman–Crippen MR) is 135 cm³/mol. The van der Waals surface area contributed by atoms with Gasteiger partial charge in [-0.1, -0.05) is 71.9 Å². The number of nitriles is 1. The number of carbonyl (C=O) groups is 2.